The topological polar surface area (TPSA) is 46.3 Å². The van der Waals surface area contributed by atoms with Crippen LogP contribution in [0.25, 0.3) is 0 Å². The second-order valence-electron chi connectivity index (χ2n) is 5.74. The molecule has 3 rings (SSSR count). The van der Waals surface area contributed by atoms with Crippen LogP contribution < -0.4 is 5.73 Å². The Morgan fingerprint density at radius 3 is 2.48 bits per heavy atom. The number of hydrogen-bond acceptors (Lipinski definition) is 2. The molecular weight excluding hydrogens is 260 g/mol. The van der Waals surface area contributed by atoms with Crippen LogP contribution in [0.2, 0.25) is 0 Å². The van der Waals surface area contributed by atoms with E-state index in [2.05, 4.69) is 31.2 Å². The van der Waals surface area contributed by atoms with E-state index < -0.39 is 0 Å². The van der Waals surface area contributed by atoms with Crippen molar-refractivity contribution in [1.29, 1.82) is 0 Å². The standard InChI is InChI=1S/C18H20N2O/c1-13-11-15(14-7-3-2-4-8-14)12-20(13)18(21)16-9-5-6-10-17(16)19/h2-10,13,15H,11-12,19H2,1H3. The van der Waals surface area contributed by atoms with Crippen molar-refractivity contribution in [2.75, 3.05) is 12.3 Å². The van der Waals surface area contributed by atoms with Gasteiger partial charge in [0.05, 0.1) is 5.56 Å². The van der Waals surface area contributed by atoms with Crippen LogP contribution in [-0.4, -0.2) is 23.4 Å². The molecule has 2 atom stereocenters. The van der Waals surface area contributed by atoms with E-state index in [1.54, 1.807) is 12.1 Å². The average molecular weight is 280 g/mol. The third-order valence-electron chi connectivity index (χ3n) is 4.30. The highest BCUT2D eigenvalue weighted by Gasteiger charge is 2.33. The minimum Gasteiger partial charge on any atom is -0.398 e. The zero-order valence-corrected chi connectivity index (χ0v) is 12.2. The maximum Gasteiger partial charge on any atom is 0.256 e. The van der Waals surface area contributed by atoms with Gasteiger partial charge in [0, 0.05) is 24.2 Å². The molecule has 21 heavy (non-hydrogen) atoms. The van der Waals surface area contributed by atoms with Crippen molar-refractivity contribution in [2.24, 2.45) is 0 Å². The van der Waals surface area contributed by atoms with Crippen LogP contribution >= 0.6 is 0 Å². The minimum absolute atomic E-state index is 0.0408. The number of hydrogen-bond donors (Lipinski definition) is 1. The quantitative estimate of drug-likeness (QED) is 0.858. The van der Waals surface area contributed by atoms with E-state index in [1.165, 1.54) is 5.56 Å². The van der Waals surface area contributed by atoms with Gasteiger partial charge in [0.25, 0.3) is 5.91 Å². The fourth-order valence-electron chi connectivity index (χ4n) is 3.13. The Hall–Kier alpha value is -2.29. The third-order valence-corrected chi connectivity index (χ3v) is 4.30. The highest BCUT2D eigenvalue weighted by atomic mass is 16.2. The zero-order valence-electron chi connectivity index (χ0n) is 12.2. The number of nitrogen functional groups attached to an aromatic ring is 1. The van der Waals surface area contributed by atoms with Crippen LogP contribution in [0, 0.1) is 0 Å². The molecule has 0 aliphatic carbocycles. The van der Waals surface area contributed by atoms with E-state index in [9.17, 15) is 4.79 Å². The second kappa shape index (κ2) is 5.60. The number of anilines is 1. The number of para-hydroxylation sites is 1. The largest absolute Gasteiger partial charge is 0.398 e. The lowest BCUT2D eigenvalue weighted by molar-refractivity contribution is 0.0747. The lowest BCUT2D eigenvalue weighted by Crippen LogP contribution is -2.34. The van der Waals surface area contributed by atoms with Gasteiger partial charge in [0.15, 0.2) is 0 Å². The third kappa shape index (κ3) is 2.64. The molecule has 0 saturated carbocycles. The SMILES string of the molecule is CC1CC(c2ccccc2)CN1C(=O)c1ccccc1N. The Balaban J connectivity index is 1.81. The maximum atomic E-state index is 12.7. The molecular formula is C18H20N2O. The molecule has 2 aromatic carbocycles. The number of nitrogens with zero attached hydrogens (tertiary/aromatic N) is 1. The number of nitrogens with two attached hydrogens (primary N) is 1. The van der Waals surface area contributed by atoms with Crippen LogP contribution in [0.3, 0.4) is 0 Å². The van der Waals surface area contributed by atoms with Gasteiger partial charge in [-0.25, -0.2) is 0 Å². The first kappa shape index (κ1) is 13.7. The molecule has 0 bridgehead atoms. The second-order valence-corrected chi connectivity index (χ2v) is 5.74. The molecule has 108 valence electrons. The van der Waals surface area contributed by atoms with Crippen molar-refractivity contribution >= 4 is 11.6 Å². The van der Waals surface area contributed by atoms with Crippen molar-refractivity contribution in [3.8, 4) is 0 Å². The van der Waals surface area contributed by atoms with Crippen molar-refractivity contribution < 1.29 is 4.79 Å². The summed E-state index contributed by atoms with van der Waals surface area (Å²) in [5, 5.41) is 0. The van der Waals surface area contributed by atoms with Crippen LogP contribution in [0.15, 0.2) is 54.6 Å². The van der Waals surface area contributed by atoms with Crippen LogP contribution in [0.1, 0.15) is 35.2 Å². The van der Waals surface area contributed by atoms with Gasteiger partial charge in [-0.1, -0.05) is 42.5 Å². The number of benzene rings is 2. The fraction of sp³-hybridized carbons (Fsp3) is 0.278. The molecule has 0 radical (unpaired) electrons. The predicted octanol–water partition coefficient (Wildman–Crippen LogP) is 3.29. The van der Waals surface area contributed by atoms with Gasteiger partial charge >= 0.3 is 0 Å². The lowest BCUT2D eigenvalue weighted by atomic mass is 9.97. The molecule has 1 fully saturated rings. The average Bonchev–Trinajstić information content (AvgIpc) is 2.90. The van der Waals surface area contributed by atoms with E-state index in [-0.39, 0.29) is 11.9 Å². The summed E-state index contributed by atoms with van der Waals surface area (Å²) in [7, 11) is 0. The summed E-state index contributed by atoms with van der Waals surface area (Å²) in [4.78, 5) is 14.6. The van der Waals surface area contributed by atoms with Gasteiger partial charge in [-0.2, -0.15) is 0 Å². The van der Waals surface area contributed by atoms with E-state index >= 15 is 0 Å². The molecule has 1 aliphatic rings. The van der Waals surface area contributed by atoms with E-state index in [0.717, 1.165) is 13.0 Å². The summed E-state index contributed by atoms with van der Waals surface area (Å²) in [6.45, 7) is 2.87. The van der Waals surface area contributed by atoms with Gasteiger partial charge in [-0.05, 0) is 31.0 Å². The summed E-state index contributed by atoms with van der Waals surface area (Å²) in [6.07, 6.45) is 1.00. The number of carbonyl (C=O) groups is 1. The van der Waals surface area contributed by atoms with Gasteiger partial charge in [-0.15, -0.1) is 0 Å². The first-order valence-corrected chi connectivity index (χ1v) is 7.37. The predicted molar refractivity (Wildman–Crippen MR) is 85.2 cm³/mol. The van der Waals surface area contributed by atoms with Crippen LogP contribution in [-0.2, 0) is 0 Å². The molecule has 0 spiro atoms. The summed E-state index contributed by atoms with van der Waals surface area (Å²) < 4.78 is 0. The Bertz CT molecular complexity index is 639. The highest BCUT2D eigenvalue weighted by Crippen LogP contribution is 2.32. The molecule has 2 unspecified atom stereocenters. The normalized spacial score (nSPS) is 21.5. The van der Waals surface area contributed by atoms with Crippen molar-refractivity contribution in [1.82, 2.24) is 4.90 Å². The van der Waals surface area contributed by atoms with Crippen molar-refractivity contribution in [2.45, 2.75) is 25.3 Å². The first-order chi connectivity index (χ1) is 10.2. The molecule has 2 aromatic rings. The van der Waals surface area contributed by atoms with Gasteiger partial charge in [0.1, 0.15) is 0 Å². The number of rotatable bonds is 2. The molecule has 2 N–H and O–H groups in total. The van der Waals surface area contributed by atoms with E-state index in [1.807, 2.05) is 23.1 Å². The Morgan fingerprint density at radius 1 is 1.10 bits per heavy atom. The van der Waals surface area contributed by atoms with Gasteiger partial charge in [0.2, 0.25) is 0 Å². The Labute approximate surface area is 125 Å². The molecule has 3 heteroatoms. The van der Waals surface area contributed by atoms with Crippen LogP contribution in [0.5, 0.6) is 0 Å². The molecule has 0 aromatic heterocycles. The number of likely N-dealkylation sites (tertiary alicyclic amines) is 1. The highest BCUT2D eigenvalue weighted by molar-refractivity contribution is 5.99. The minimum atomic E-state index is 0.0408. The first-order valence-electron chi connectivity index (χ1n) is 7.37. The lowest BCUT2D eigenvalue weighted by Gasteiger charge is -2.22. The maximum absolute atomic E-state index is 12.7. The molecule has 1 amide bonds. The Kier molecular flexibility index (Phi) is 3.65. The van der Waals surface area contributed by atoms with Gasteiger partial charge in [-0.3, -0.25) is 4.79 Å². The summed E-state index contributed by atoms with van der Waals surface area (Å²) in [6, 6.07) is 18.0. The molecule has 1 heterocycles. The number of amides is 1. The number of carbonyl (C=O) groups excluding carboxylic acids is 1. The summed E-state index contributed by atoms with van der Waals surface area (Å²) in [5.41, 5.74) is 8.40. The van der Waals surface area contributed by atoms with Crippen molar-refractivity contribution in [3.63, 3.8) is 0 Å². The van der Waals surface area contributed by atoms with Gasteiger partial charge < -0.3 is 10.6 Å². The smallest absolute Gasteiger partial charge is 0.256 e. The fourth-order valence-corrected chi connectivity index (χ4v) is 3.13. The van der Waals surface area contributed by atoms with E-state index in [0.29, 0.717) is 17.2 Å². The summed E-state index contributed by atoms with van der Waals surface area (Å²) in [5.74, 6) is 0.453. The zero-order chi connectivity index (χ0) is 14.8. The molecule has 1 aliphatic heterocycles. The monoisotopic (exact) mass is 280 g/mol. The van der Waals surface area contributed by atoms with E-state index in [4.69, 9.17) is 5.73 Å². The molecule has 1 saturated heterocycles. The van der Waals surface area contributed by atoms with Crippen molar-refractivity contribution in [3.05, 3.63) is 65.7 Å². The van der Waals surface area contributed by atoms with Crippen LogP contribution in [0.4, 0.5) is 5.69 Å². The molecule has 3 nitrogen and oxygen atoms in total. The Morgan fingerprint density at radius 2 is 1.76 bits per heavy atom. The summed E-state index contributed by atoms with van der Waals surface area (Å²) >= 11 is 0.